The SMILES string of the molecule is CCCC(Nc1ccc(Br)cc1Cl)c1ccccc1. The van der Waals surface area contributed by atoms with Crippen molar-refractivity contribution in [3.8, 4) is 0 Å². The largest absolute Gasteiger partial charge is 0.377 e. The second-order valence-electron chi connectivity index (χ2n) is 4.52. The fourth-order valence-electron chi connectivity index (χ4n) is 2.09. The molecule has 0 aromatic heterocycles. The normalized spacial score (nSPS) is 12.2. The molecule has 0 aliphatic heterocycles. The second kappa shape index (κ2) is 6.97. The first-order valence-electron chi connectivity index (χ1n) is 6.47. The molecule has 1 N–H and O–H groups in total. The lowest BCUT2D eigenvalue weighted by molar-refractivity contribution is 0.677. The third-order valence-corrected chi connectivity index (χ3v) is 3.85. The van der Waals surface area contributed by atoms with Crippen molar-refractivity contribution < 1.29 is 0 Å². The van der Waals surface area contributed by atoms with Gasteiger partial charge in [-0.05, 0) is 30.2 Å². The summed E-state index contributed by atoms with van der Waals surface area (Å²) in [6.45, 7) is 2.20. The molecule has 0 amide bonds. The lowest BCUT2D eigenvalue weighted by atomic mass is 10.0. The van der Waals surface area contributed by atoms with Gasteiger partial charge in [-0.15, -0.1) is 0 Å². The van der Waals surface area contributed by atoms with Crippen LogP contribution >= 0.6 is 27.5 Å². The van der Waals surface area contributed by atoms with Gasteiger partial charge >= 0.3 is 0 Å². The van der Waals surface area contributed by atoms with Gasteiger partial charge in [-0.2, -0.15) is 0 Å². The molecule has 1 nitrogen and oxygen atoms in total. The predicted octanol–water partition coefficient (Wildman–Crippen LogP) is 6.06. The molecule has 0 fully saturated rings. The van der Waals surface area contributed by atoms with Crippen molar-refractivity contribution in [2.75, 3.05) is 5.32 Å². The Balaban J connectivity index is 2.21. The number of hydrogen-bond acceptors (Lipinski definition) is 1. The van der Waals surface area contributed by atoms with Crippen molar-refractivity contribution in [2.45, 2.75) is 25.8 Å². The van der Waals surface area contributed by atoms with Gasteiger partial charge in [0.25, 0.3) is 0 Å². The number of hydrogen-bond donors (Lipinski definition) is 1. The average molecular weight is 339 g/mol. The summed E-state index contributed by atoms with van der Waals surface area (Å²) >= 11 is 9.69. The van der Waals surface area contributed by atoms with Crippen LogP contribution in [0.3, 0.4) is 0 Å². The standard InChI is InChI=1S/C16H17BrClN/c1-2-6-15(12-7-4-3-5-8-12)19-16-10-9-13(17)11-14(16)18/h3-5,7-11,15,19H,2,6H2,1H3. The first kappa shape index (κ1) is 14.4. The number of anilines is 1. The minimum absolute atomic E-state index is 0.296. The van der Waals surface area contributed by atoms with Crippen molar-refractivity contribution in [1.29, 1.82) is 0 Å². The van der Waals surface area contributed by atoms with Crippen LogP contribution in [0.2, 0.25) is 5.02 Å². The van der Waals surface area contributed by atoms with E-state index in [1.54, 1.807) is 0 Å². The molecule has 19 heavy (non-hydrogen) atoms. The lowest BCUT2D eigenvalue weighted by Gasteiger charge is -2.20. The maximum atomic E-state index is 6.27. The summed E-state index contributed by atoms with van der Waals surface area (Å²) in [4.78, 5) is 0. The Hall–Kier alpha value is -0.990. The zero-order valence-corrected chi connectivity index (χ0v) is 13.2. The van der Waals surface area contributed by atoms with E-state index in [1.165, 1.54) is 5.56 Å². The Bertz CT molecular complexity index is 528. The van der Waals surface area contributed by atoms with Gasteiger partial charge in [0.2, 0.25) is 0 Å². The molecule has 3 heteroatoms. The average Bonchev–Trinajstić information content (AvgIpc) is 2.42. The molecule has 1 atom stereocenters. The fourth-order valence-corrected chi connectivity index (χ4v) is 2.82. The summed E-state index contributed by atoms with van der Waals surface area (Å²) in [5.41, 5.74) is 2.27. The van der Waals surface area contributed by atoms with Crippen molar-refractivity contribution in [3.05, 3.63) is 63.6 Å². The van der Waals surface area contributed by atoms with E-state index in [2.05, 4.69) is 52.4 Å². The molecule has 100 valence electrons. The van der Waals surface area contributed by atoms with Crippen LogP contribution in [-0.2, 0) is 0 Å². The monoisotopic (exact) mass is 337 g/mol. The van der Waals surface area contributed by atoms with E-state index in [0.29, 0.717) is 6.04 Å². The summed E-state index contributed by atoms with van der Waals surface area (Å²) in [6, 6.07) is 16.7. The predicted molar refractivity (Wildman–Crippen MR) is 86.9 cm³/mol. The summed E-state index contributed by atoms with van der Waals surface area (Å²) in [6.07, 6.45) is 2.21. The van der Waals surface area contributed by atoms with Crippen molar-refractivity contribution in [3.63, 3.8) is 0 Å². The maximum absolute atomic E-state index is 6.27. The summed E-state index contributed by atoms with van der Waals surface area (Å²) in [5.74, 6) is 0. The Morgan fingerprint density at radius 2 is 1.89 bits per heavy atom. The molecule has 2 rings (SSSR count). The molecule has 1 unspecified atom stereocenters. The van der Waals surface area contributed by atoms with Crippen LogP contribution in [0.25, 0.3) is 0 Å². The number of rotatable bonds is 5. The highest BCUT2D eigenvalue weighted by molar-refractivity contribution is 9.10. The second-order valence-corrected chi connectivity index (χ2v) is 5.84. The van der Waals surface area contributed by atoms with E-state index in [-0.39, 0.29) is 0 Å². The molecule has 0 aliphatic rings. The van der Waals surface area contributed by atoms with Crippen LogP contribution in [0, 0.1) is 0 Å². The molecule has 0 heterocycles. The zero-order valence-electron chi connectivity index (χ0n) is 10.9. The zero-order chi connectivity index (χ0) is 13.7. The van der Waals surface area contributed by atoms with Gasteiger partial charge in [0, 0.05) is 4.47 Å². The van der Waals surface area contributed by atoms with Gasteiger partial charge in [-0.1, -0.05) is 71.2 Å². The van der Waals surface area contributed by atoms with Crippen LogP contribution in [0.15, 0.2) is 53.0 Å². The number of nitrogens with one attached hydrogen (secondary N) is 1. The quantitative estimate of drug-likeness (QED) is 0.699. The molecule has 0 radical (unpaired) electrons. The molecule has 2 aromatic rings. The highest BCUT2D eigenvalue weighted by Gasteiger charge is 2.11. The molecule has 0 spiro atoms. The minimum atomic E-state index is 0.296. The third kappa shape index (κ3) is 3.99. The summed E-state index contributed by atoms with van der Waals surface area (Å²) in [5, 5.41) is 4.28. The molecular weight excluding hydrogens is 322 g/mol. The third-order valence-electron chi connectivity index (χ3n) is 3.04. The van der Waals surface area contributed by atoms with E-state index in [4.69, 9.17) is 11.6 Å². The minimum Gasteiger partial charge on any atom is -0.377 e. The van der Waals surface area contributed by atoms with Gasteiger partial charge in [-0.3, -0.25) is 0 Å². The van der Waals surface area contributed by atoms with E-state index < -0.39 is 0 Å². The summed E-state index contributed by atoms with van der Waals surface area (Å²) < 4.78 is 0.995. The topological polar surface area (TPSA) is 12.0 Å². The first-order valence-corrected chi connectivity index (χ1v) is 7.64. The number of halogens is 2. The van der Waals surface area contributed by atoms with Gasteiger partial charge in [0.05, 0.1) is 16.8 Å². The first-order chi connectivity index (χ1) is 9.20. The molecule has 2 aromatic carbocycles. The molecule has 0 bridgehead atoms. The van der Waals surface area contributed by atoms with Crippen LogP contribution in [0.5, 0.6) is 0 Å². The van der Waals surface area contributed by atoms with Crippen molar-refractivity contribution in [1.82, 2.24) is 0 Å². The van der Waals surface area contributed by atoms with Crippen LogP contribution in [0.1, 0.15) is 31.4 Å². The van der Waals surface area contributed by atoms with Crippen molar-refractivity contribution in [2.24, 2.45) is 0 Å². The Morgan fingerprint density at radius 1 is 1.16 bits per heavy atom. The summed E-state index contributed by atoms with van der Waals surface area (Å²) in [7, 11) is 0. The highest BCUT2D eigenvalue weighted by atomic mass is 79.9. The smallest absolute Gasteiger partial charge is 0.0648 e. The van der Waals surface area contributed by atoms with Crippen LogP contribution in [-0.4, -0.2) is 0 Å². The van der Waals surface area contributed by atoms with Gasteiger partial charge in [0.15, 0.2) is 0 Å². The maximum Gasteiger partial charge on any atom is 0.0648 e. The Kier molecular flexibility index (Phi) is 5.29. The van der Waals surface area contributed by atoms with Gasteiger partial charge < -0.3 is 5.32 Å². The molecule has 0 aliphatic carbocycles. The van der Waals surface area contributed by atoms with E-state index in [0.717, 1.165) is 28.0 Å². The van der Waals surface area contributed by atoms with Gasteiger partial charge in [-0.25, -0.2) is 0 Å². The van der Waals surface area contributed by atoms with E-state index in [9.17, 15) is 0 Å². The Labute approximate surface area is 128 Å². The van der Waals surface area contributed by atoms with Crippen LogP contribution < -0.4 is 5.32 Å². The molecule has 0 saturated carbocycles. The van der Waals surface area contributed by atoms with Gasteiger partial charge in [0.1, 0.15) is 0 Å². The lowest BCUT2D eigenvalue weighted by Crippen LogP contribution is -2.10. The highest BCUT2D eigenvalue weighted by Crippen LogP contribution is 2.30. The molecular formula is C16H17BrClN. The Morgan fingerprint density at radius 3 is 2.53 bits per heavy atom. The van der Waals surface area contributed by atoms with Crippen LogP contribution in [0.4, 0.5) is 5.69 Å². The number of benzene rings is 2. The molecule has 0 saturated heterocycles. The van der Waals surface area contributed by atoms with E-state index in [1.807, 2.05) is 24.3 Å². The van der Waals surface area contributed by atoms with Crippen molar-refractivity contribution >= 4 is 33.2 Å². The fraction of sp³-hybridized carbons (Fsp3) is 0.250. The van der Waals surface area contributed by atoms with E-state index >= 15 is 0 Å².